The summed E-state index contributed by atoms with van der Waals surface area (Å²) in [4.78, 5) is 0. The van der Waals surface area contributed by atoms with Gasteiger partial charge in [0, 0.05) is 27.3 Å². The molecule has 1 nitrogen and oxygen atoms in total. The number of rotatable bonds is 2. The van der Waals surface area contributed by atoms with E-state index in [1.807, 2.05) is 0 Å². The van der Waals surface area contributed by atoms with Crippen molar-refractivity contribution in [3.63, 3.8) is 0 Å². The van der Waals surface area contributed by atoms with E-state index in [1.165, 1.54) is 97.6 Å². The minimum atomic E-state index is 0.139. The van der Waals surface area contributed by atoms with Gasteiger partial charge in [0.05, 0.1) is 0 Å². The first-order valence-electron chi connectivity index (χ1n) is 19.8. The van der Waals surface area contributed by atoms with Crippen LogP contribution in [0.1, 0.15) is 43.2 Å². The highest BCUT2D eigenvalue weighted by atomic mass is 16.3. The second-order valence-electron chi connectivity index (χ2n) is 16.8. The molecule has 9 aromatic rings. The molecule has 4 saturated carbocycles. The Balaban J connectivity index is 1.10. The van der Waals surface area contributed by atoms with Crippen LogP contribution in [0.25, 0.3) is 87.6 Å². The Labute approximate surface area is 308 Å². The molecule has 1 heteroatoms. The third-order valence-corrected chi connectivity index (χ3v) is 14.4. The van der Waals surface area contributed by atoms with E-state index in [2.05, 4.69) is 146 Å². The Bertz CT molecular complexity index is 2940. The van der Waals surface area contributed by atoms with E-state index in [-0.39, 0.29) is 5.41 Å². The van der Waals surface area contributed by atoms with Gasteiger partial charge in [0.2, 0.25) is 0 Å². The molecule has 0 amide bonds. The van der Waals surface area contributed by atoms with E-state index < -0.39 is 0 Å². The zero-order chi connectivity index (χ0) is 34.4. The van der Waals surface area contributed by atoms with Crippen molar-refractivity contribution in [3.05, 3.63) is 157 Å². The first-order chi connectivity index (χ1) is 26.3. The van der Waals surface area contributed by atoms with Crippen molar-refractivity contribution < 1.29 is 4.42 Å². The fourth-order valence-corrected chi connectivity index (χ4v) is 12.8. The van der Waals surface area contributed by atoms with Crippen molar-refractivity contribution in [2.45, 2.75) is 37.5 Å². The Morgan fingerprint density at radius 1 is 0.415 bits per heavy atom. The highest BCUT2D eigenvalue weighted by Crippen LogP contribution is 2.70. The van der Waals surface area contributed by atoms with E-state index in [0.717, 1.165) is 45.8 Å². The van der Waals surface area contributed by atoms with Crippen molar-refractivity contribution in [1.82, 2.24) is 0 Å². The van der Waals surface area contributed by atoms with E-state index in [1.54, 1.807) is 11.1 Å². The maximum absolute atomic E-state index is 6.66. The maximum atomic E-state index is 6.66. The largest absolute Gasteiger partial charge is 0.455 e. The van der Waals surface area contributed by atoms with Gasteiger partial charge in [0.25, 0.3) is 0 Å². The Hall–Kier alpha value is -5.66. The molecule has 0 radical (unpaired) electrons. The molecule has 0 saturated heterocycles. The van der Waals surface area contributed by atoms with Gasteiger partial charge in [-0.3, -0.25) is 0 Å². The molecule has 5 aliphatic rings. The van der Waals surface area contributed by atoms with Crippen LogP contribution in [0.5, 0.6) is 0 Å². The fraction of sp³-hybridized carbons (Fsp3) is 0.192. The highest BCUT2D eigenvalue weighted by molar-refractivity contribution is 6.24. The molecule has 1 heterocycles. The number of furan rings is 1. The molecule has 8 aromatic carbocycles. The predicted octanol–water partition coefficient (Wildman–Crippen LogP) is 14.1. The SMILES string of the molecule is c1ccc2c3c(ccc2c1)C1(c2ccc(-c4c5ccccc5c(-c5cccc6c5oc5ccccc56)c5ccccc45)cc2-3)C2CC3CC(C2)CC1C3. The van der Waals surface area contributed by atoms with E-state index in [0.29, 0.717) is 0 Å². The molecule has 0 N–H and O–H groups in total. The van der Waals surface area contributed by atoms with Crippen molar-refractivity contribution in [2.75, 3.05) is 0 Å². The summed E-state index contributed by atoms with van der Waals surface area (Å²) in [5.41, 5.74) is 13.3. The fourth-order valence-electron chi connectivity index (χ4n) is 12.8. The van der Waals surface area contributed by atoms with Gasteiger partial charge in [-0.05, 0) is 134 Å². The molecule has 1 aromatic heterocycles. The summed E-state index contributed by atoms with van der Waals surface area (Å²) in [7, 11) is 0. The van der Waals surface area contributed by atoms with Gasteiger partial charge >= 0.3 is 0 Å². The number of fused-ring (bicyclic) bond motifs is 10. The molecule has 14 rings (SSSR count). The van der Waals surface area contributed by atoms with Crippen LogP contribution in [-0.2, 0) is 5.41 Å². The van der Waals surface area contributed by atoms with Crippen LogP contribution in [0.3, 0.4) is 0 Å². The van der Waals surface area contributed by atoms with Gasteiger partial charge in [0.15, 0.2) is 0 Å². The molecule has 4 fully saturated rings. The maximum Gasteiger partial charge on any atom is 0.143 e. The third-order valence-electron chi connectivity index (χ3n) is 14.4. The Kier molecular flexibility index (Phi) is 5.59. The van der Waals surface area contributed by atoms with E-state index >= 15 is 0 Å². The third kappa shape index (κ3) is 3.63. The number of benzene rings is 8. The minimum Gasteiger partial charge on any atom is -0.455 e. The summed E-state index contributed by atoms with van der Waals surface area (Å²) in [5, 5.41) is 10.2. The van der Waals surface area contributed by atoms with Crippen LogP contribution in [0.4, 0.5) is 0 Å². The van der Waals surface area contributed by atoms with Crippen molar-refractivity contribution >= 4 is 54.3 Å². The van der Waals surface area contributed by atoms with Gasteiger partial charge in [-0.2, -0.15) is 0 Å². The van der Waals surface area contributed by atoms with Crippen molar-refractivity contribution in [3.8, 4) is 33.4 Å². The molecule has 0 unspecified atom stereocenters. The molecular weight excluding hydrogens is 641 g/mol. The molecular formula is C52H38O. The topological polar surface area (TPSA) is 13.1 Å². The van der Waals surface area contributed by atoms with Gasteiger partial charge in [0.1, 0.15) is 11.2 Å². The van der Waals surface area contributed by atoms with Crippen LogP contribution < -0.4 is 0 Å². The smallest absolute Gasteiger partial charge is 0.143 e. The number of hydrogen-bond donors (Lipinski definition) is 0. The van der Waals surface area contributed by atoms with Gasteiger partial charge in [-0.25, -0.2) is 0 Å². The van der Waals surface area contributed by atoms with Crippen molar-refractivity contribution in [2.24, 2.45) is 23.7 Å². The predicted molar refractivity (Wildman–Crippen MR) is 220 cm³/mol. The monoisotopic (exact) mass is 678 g/mol. The molecule has 5 aliphatic carbocycles. The van der Waals surface area contributed by atoms with Crippen LogP contribution >= 0.6 is 0 Å². The van der Waals surface area contributed by atoms with Crippen LogP contribution in [0, 0.1) is 23.7 Å². The standard InChI is InChI=1S/C52H38O/c1-2-11-36-32(10-1)20-23-46-50(36)44-29-33(21-22-45(44)52(46)34-25-30-24-31(27-34)28-35(52)26-30)48-38-13-3-5-15-40(38)49(41-16-6-4-14-39(41)48)43-18-9-17-42-37-12-7-8-19-47(37)53-51(42)43/h1-23,29-31,34-35H,24-28H2. The lowest BCUT2D eigenvalue weighted by Crippen LogP contribution is -2.55. The number of para-hydroxylation sites is 2. The number of hydrogen-bond acceptors (Lipinski definition) is 1. The van der Waals surface area contributed by atoms with Gasteiger partial charge < -0.3 is 4.42 Å². The average Bonchev–Trinajstić information content (AvgIpc) is 3.73. The zero-order valence-electron chi connectivity index (χ0n) is 29.6. The van der Waals surface area contributed by atoms with E-state index in [4.69, 9.17) is 4.42 Å². The first-order valence-corrected chi connectivity index (χ1v) is 19.8. The Morgan fingerprint density at radius 3 is 1.72 bits per heavy atom. The summed E-state index contributed by atoms with van der Waals surface area (Å²) in [6.45, 7) is 0. The summed E-state index contributed by atoms with van der Waals surface area (Å²) in [6, 6.07) is 55.0. The minimum absolute atomic E-state index is 0.139. The zero-order valence-corrected chi connectivity index (χ0v) is 29.6. The van der Waals surface area contributed by atoms with Crippen LogP contribution in [0.2, 0.25) is 0 Å². The second-order valence-corrected chi connectivity index (χ2v) is 16.8. The lowest BCUT2D eigenvalue weighted by atomic mass is 9.43. The summed E-state index contributed by atoms with van der Waals surface area (Å²) < 4.78 is 6.66. The van der Waals surface area contributed by atoms with E-state index in [9.17, 15) is 0 Å². The quantitative estimate of drug-likeness (QED) is 0.166. The van der Waals surface area contributed by atoms with Gasteiger partial charge in [-0.1, -0.05) is 133 Å². The van der Waals surface area contributed by atoms with Crippen molar-refractivity contribution in [1.29, 1.82) is 0 Å². The molecule has 0 aliphatic heterocycles. The molecule has 53 heavy (non-hydrogen) atoms. The molecule has 0 atom stereocenters. The van der Waals surface area contributed by atoms with Gasteiger partial charge in [-0.15, -0.1) is 0 Å². The second kappa shape index (κ2) is 10.3. The lowest BCUT2D eigenvalue weighted by Gasteiger charge is -2.61. The summed E-state index contributed by atoms with van der Waals surface area (Å²) in [5.74, 6) is 3.34. The summed E-state index contributed by atoms with van der Waals surface area (Å²) in [6.07, 6.45) is 7.06. The summed E-state index contributed by atoms with van der Waals surface area (Å²) >= 11 is 0. The first kappa shape index (κ1) is 28.9. The average molecular weight is 679 g/mol. The molecule has 4 bridgehead atoms. The van der Waals surface area contributed by atoms with Crippen LogP contribution in [-0.4, -0.2) is 0 Å². The normalized spacial score (nSPS) is 23.9. The molecule has 252 valence electrons. The van der Waals surface area contributed by atoms with Crippen LogP contribution in [0.15, 0.2) is 150 Å². The molecule has 1 spiro atoms. The highest BCUT2D eigenvalue weighted by Gasteiger charge is 2.61. The Morgan fingerprint density at radius 2 is 1.00 bits per heavy atom. The lowest BCUT2D eigenvalue weighted by molar-refractivity contribution is -0.0399.